The Morgan fingerprint density at radius 1 is 0.424 bits per heavy atom. The minimum atomic E-state index is -1.04. The highest BCUT2D eigenvalue weighted by Gasteiger charge is 2.49. The number of rotatable bonds is 24. The Labute approximate surface area is 808 Å². The van der Waals surface area contributed by atoms with Gasteiger partial charge >= 0.3 is 0 Å². The Morgan fingerprint density at radius 3 is 1.22 bits per heavy atom. The fraction of sp³-hybridized carbons (Fsp3) is 0.402. The molecule has 21 rings (SSSR count). The normalized spacial score (nSPS) is 20.7. The zero-order chi connectivity index (χ0) is 95.4. The molecule has 0 bridgehead atoms. The zero-order valence-electron chi connectivity index (χ0n) is 78.3. The monoisotopic (exact) mass is 1900 g/mol. The van der Waals surface area contributed by atoms with Gasteiger partial charge in [0, 0.05) is 225 Å². The molecule has 12 aromatic rings. The Hall–Kier alpha value is -13.4. The van der Waals surface area contributed by atoms with Crippen LogP contribution in [0, 0.1) is 5.82 Å². The van der Waals surface area contributed by atoms with Crippen LogP contribution < -0.4 is 30.7 Å². The first kappa shape index (κ1) is 94.6. The Morgan fingerprint density at radius 2 is 0.806 bits per heavy atom. The van der Waals surface area contributed by atoms with Gasteiger partial charge in [-0.05, 0) is 158 Å². The summed E-state index contributed by atoms with van der Waals surface area (Å²) in [6.45, 7) is 16.0. The smallest absolute Gasteiger partial charge is 0.258 e. The van der Waals surface area contributed by atoms with Crippen LogP contribution in [0.15, 0.2) is 189 Å². The quantitative estimate of drug-likeness (QED) is 0.0327. The molecule has 6 aromatic carbocycles. The van der Waals surface area contributed by atoms with E-state index in [1.807, 2.05) is 111 Å². The van der Waals surface area contributed by atoms with E-state index in [1.54, 1.807) is 74.5 Å². The van der Waals surface area contributed by atoms with Crippen molar-refractivity contribution < 1.29 is 56.8 Å². The molecular weight excluding hydrogens is 1790 g/mol. The van der Waals surface area contributed by atoms with Crippen LogP contribution in [-0.2, 0) is 52.5 Å². The van der Waals surface area contributed by atoms with E-state index in [-0.39, 0.29) is 60.9 Å². The summed E-state index contributed by atoms with van der Waals surface area (Å²) < 4.78 is 42.6. The second-order valence-electron chi connectivity index (χ2n) is 36.5. The number of nitrogens with one attached hydrogen (secondary N) is 6. The van der Waals surface area contributed by atoms with Gasteiger partial charge in [-0.15, -0.1) is 11.8 Å². The van der Waals surface area contributed by atoms with E-state index in [0.29, 0.717) is 171 Å². The van der Waals surface area contributed by atoms with Crippen molar-refractivity contribution in [1.29, 1.82) is 0 Å². The van der Waals surface area contributed by atoms with Gasteiger partial charge in [0.1, 0.15) is 10.6 Å². The number of thioether (sulfide) groups is 1. The molecule has 6 amide bonds. The molecule has 9 aliphatic heterocycles. The van der Waals surface area contributed by atoms with Gasteiger partial charge in [-0.3, -0.25) is 58.8 Å². The largest absolute Gasteiger partial charge is 0.378 e. The van der Waals surface area contributed by atoms with E-state index in [0.717, 1.165) is 156 Å². The molecule has 35 nitrogen and oxygen atoms in total. The van der Waals surface area contributed by atoms with Gasteiger partial charge in [-0.2, -0.15) is 15.3 Å². The minimum Gasteiger partial charge on any atom is -0.378 e. The zero-order valence-corrected chi connectivity index (χ0v) is 79.2. The number of carbonyl (C=O) groups excluding carboxylic acids is 6. The number of H-pyrrole nitrogens is 3. The molecule has 0 saturated carbocycles. The molecule has 7 fully saturated rings. The lowest BCUT2D eigenvalue weighted by molar-refractivity contribution is -0.138. The highest BCUT2D eigenvalue weighted by atomic mass is 32.2. The third kappa shape index (κ3) is 21.4. The van der Waals surface area contributed by atoms with E-state index in [2.05, 4.69) is 139 Å². The molecule has 0 unspecified atom stereocenters. The summed E-state index contributed by atoms with van der Waals surface area (Å²) in [4.78, 5) is 125. The van der Waals surface area contributed by atoms with Crippen LogP contribution in [0.4, 0.5) is 38.9 Å². The summed E-state index contributed by atoms with van der Waals surface area (Å²) >= 11 is 1.53. The van der Waals surface area contributed by atoms with Crippen LogP contribution in [0.5, 0.6) is 0 Å². The number of aromatic amines is 3. The lowest BCUT2D eigenvalue weighted by Gasteiger charge is -2.33. The van der Waals surface area contributed by atoms with Crippen molar-refractivity contribution in [3.05, 3.63) is 211 Å². The second kappa shape index (κ2) is 42.9. The van der Waals surface area contributed by atoms with Crippen LogP contribution in [0.25, 0.3) is 78.0 Å². The van der Waals surface area contributed by atoms with Crippen molar-refractivity contribution in [2.24, 2.45) is 0 Å². The molecule has 6 N–H and O–H groups in total. The Kier molecular flexibility index (Phi) is 29.2. The highest BCUT2D eigenvalue weighted by molar-refractivity contribution is 8.00. The van der Waals surface area contributed by atoms with E-state index in [4.69, 9.17) is 23.7 Å². The number of morpholine rings is 3. The number of aromatic nitrogens is 12. The van der Waals surface area contributed by atoms with Gasteiger partial charge in [0.25, 0.3) is 11.8 Å². The summed E-state index contributed by atoms with van der Waals surface area (Å²) in [6, 6.07) is 44.4. The number of piperidine rings is 1. The SMILES string of the molecule is CO[C@@]1(C(=O)Nc2ccc3[nH]nc(N4CCOCC4)c3c2)CCN(CC(=O)N2CC=C(c3ccc(-c4ncccn4)cc3)CC2)C1.CO[C@@]1(C(=O)Nc2ccc3[nH]nc(N4CCOCC4)c3c2)CCN(CC(=O)N2CCC(c3ccc(-c4ncccn4)cc3)CC2)C1.CS[C@@]1(C(=O)Nc2ccc3[nH]nc(N4CCOCC4)c3c2)CCN(CC(=O)N2CC=C(c3ccc(-c4ncccn4)cc3F)CC2)C1. The summed E-state index contributed by atoms with van der Waals surface area (Å²) in [5, 5.41) is 35.0. The van der Waals surface area contributed by atoms with Crippen molar-refractivity contribution in [1.82, 2.24) is 89.9 Å². The van der Waals surface area contributed by atoms with Crippen molar-refractivity contribution >= 4 is 126 Å². The number of carbonyl (C=O) groups is 6. The minimum absolute atomic E-state index is 0.00992. The molecule has 722 valence electrons. The number of fused-ring (bicyclic) bond motifs is 3. The molecule has 0 aliphatic carbocycles. The maximum atomic E-state index is 15.1. The maximum absolute atomic E-state index is 15.1. The molecule has 9 aliphatic rings. The first-order valence-electron chi connectivity index (χ1n) is 47.7. The summed E-state index contributed by atoms with van der Waals surface area (Å²) in [6.07, 6.45) is 21.1. The maximum Gasteiger partial charge on any atom is 0.258 e. The number of likely N-dealkylation sites (tertiary alicyclic amines) is 4. The molecule has 0 spiro atoms. The van der Waals surface area contributed by atoms with Gasteiger partial charge < -0.3 is 69.0 Å². The third-order valence-electron chi connectivity index (χ3n) is 28.2. The molecule has 3 atom stereocenters. The average Bonchev–Trinajstić information content (AvgIpc) is 1.60. The summed E-state index contributed by atoms with van der Waals surface area (Å²) in [5.74, 6) is 4.27. The van der Waals surface area contributed by atoms with Crippen LogP contribution in [0.3, 0.4) is 0 Å². The van der Waals surface area contributed by atoms with Crippen LogP contribution in [0.1, 0.15) is 67.6 Å². The molecule has 6 aromatic heterocycles. The lowest BCUT2D eigenvalue weighted by Crippen LogP contribution is -2.48. The molecule has 139 heavy (non-hydrogen) atoms. The van der Waals surface area contributed by atoms with Gasteiger partial charge in [0.05, 0.1) is 75.8 Å². The number of methoxy groups -OCH3 is 2. The third-order valence-corrected chi connectivity index (χ3v) is 29.5. The summed E-state index contributed by atoms with van der Waals surface area (Å²) in [7, 11) is 3.14. The average molecular weight is 1900 g/mol. The number of amides is 6. The highest BCUT2D eigenvalue weighted by Crippen LogP contribution is 2.40. The van der Waals surface area contributed by atoms with E-state index >= 15 is 4.39 Å². The molecule has 37 heteroatoms. The van der Waals surface area contributed by atoms with Crippen LogP contribution in [-0.4, -0.2) is 339 Å². The van der Waals surface area contributed by atoms with Gasteiger partial charge in [-0.1, -0.05) is 72.8 Å². The van der Waals surface area contributed by atoms with Gasteiger partial charge in [0.2, 0.25) is 23.6 Å². The van der Waals surface area contributed by atoms with Crippen molar-refractivity contribution in [3.8, 4) is 34.2 Å². The van der Waals surface area contributed by atoms with Gasteiger partial charge in [0.15, 0.2) is 46.1 Å². The fourth-order valence-corrected chi connectivity index (χ4v) is 20.8. The van der Waals surface area contributed by atoms with Crippen molar-refractivity contribution in [2.75, 3.05) is 228 Å². The number of benzene rings is 6. The van der Waals surface area contributed by atoms with E-state index < -0.39 is 15.9 Å². The predicted molar refractivity (Wildman–Crippen MR) is 531 cm³/mol. The van der Waals surface area contributed by atoms with Crippen molar-refractivity contribution in [3.63, 3.8) is 0 Å². The number of halogens is 1. The standard InChI is InChI=1S/C34H37FN8O3S.C34H40N8O4.C34H38N8O4/c1-47-34(33(45)38-25-4-6-29-27(20-25)32(40-39-29)43-15-17-46-18-16-43)9-14-41(22-34)21-30(44)42-12-7-23(8-13-42)26-5-3-24(19-28(26)35)31-36-10-2-11-37-31;2*1-45-34(33(44)37-27-7-8-29-28(21-27)32(39-38-29)42-17-19-46-20-18-42)11-16-40(23-34)22-30(43)41-14-9-25(10-15-41)24-3-5-26(6-4-24)31-35-12-2-13-36-31/h2-7,10-11,19-20H,8-9,12-18,21-22H2,1H3,(H,38,45)(H,39,40);2-8,12-13,21,25H,9-11,14-20,22-23H2,1H3,(H,37,44)(H,38,39);2-9,12-13,21H,10-11,14-20,22-23H2,1H3,(H,37,44)(H,38,39)/t3*34-/m000/s1. The molecule has 0 radical (unpaired) electrons. The molecule has 7 saturated heterocycles. The number of ether oxygens (including phenoxy) is 5. The Balaban J connectivity index is 0.000000133. The number of anilines is 6. The fourth-order valence-electron chi connectivity index (χ4n) is 20.0. The van der Waals surface area contributed by atoms with Crippen molar-refractivity contribution in [2.45, 2.75) is 66.8 Å². The Bertz CT molecular complexity index is 6430. The first-order chi connectivity index (χ1) is 67.9. The first-order valence-corrected chi connectivity index (χ1v) is 48.9. The van der Waals surface area contributed by atoms with Crippen LogP contribution in [0.2, 0.25) is 0 Å². The second-order valence-corrected chi connectivity index (χ2v) is 37.7. The molecule has 15 heterocycles. The number of nitrogens with zero attached hydrogens (tertiary/aromatic N) is 18. The predicted octanol–water partition coefficient (Wildman–Crippen LogP) is 10.6. The number of hydrogen-bond donors (Lipinski definition) is 6. The van der Waals surface area contributed by atoms with Crippen LogP contribution >= 0.6 is 11.8 Å². The topological polar surface area (TPSA) is 377 Å². The van der Waals surface area contributed by atoms with E-state index in [1.165, 1.54) is 29.0 Å². The molecular formula is C102H115FN24O11S. The van der Waals surface area contributed by atoms with Gasteiger partial charge in [-0.25, -0.2) is 34.3 Å². The summed E-state index contributed by atoms with van der Waals surface area (Å²) in [5.41, 5.74) is 10.4. The van der Waals surface area contributed by atoms with E-state index in [9.17, 15) is 28.8 Å². The number of hydrogen-bond acceptors (Lipinski definition) is 27. The lowest BCUT2D eigenvalue weighted by atomic mass is 9.89.